The lowest BCUT2D eigenvalue weighted by Crippen LogP contribution is -2.45. The smallest absolute Gasteiger partial charge is 0.228 e. The van der Waals surface area contributed by atoms with Crippen molar-refractivity contribution in [3.63, 3.8) is 0 Å². The van der Waals surface area contributed by atoms with Crippen molar-refractivity contribution in [2.45, 2.75) is 32.1 Å². The van der Waals surface area contributed by atoms with Crippen LogP contribution >= 0.6 is 0 Å². The predicted molar refractivity (Wildman–Crippen MR) is 118 cm³/mol. The molecule has 1 unspecified atom stereocenters. The van der Waals surface area contributed by atoms with E-state index in [0.29, 0.717) is 32.0 Å². The van der Waals surface area contributed by atoms with Crippen LogP contribution in [0.25, 0.3) is 22.2 Å². The van der Waals surface area contributed by atoms with Gasteiger partial charge in [0.05, 0.1) is 35.4 Å². The van der Waals surface area contributed by atoms with Crippen molar-refractivity contribution in [1.82, 2.24) is 14.5 Å². The topological polar surface area (TPSA) is 89.3 Å². The van der Waals surface area contributed by atoms with Gasteiger partial charge in [-0.3, -0.25) is 9.59 Å². The summed E-state index contributed by atoms with van der Waals surface area (Å²) in [5.41, 5.74) is 4.21. The summed E-state index contributed by atoms with van der Waals surface area (Å²) in [4.78, 5) is 35.6. The Balaban J connectivity index is 1.68. The van der Waals surface area contributed by atoms with Crippen molar-refractivity contribution in [3.05, 3.63) is 36.3 Å². The summed E-state index contributed by atoms with van der Waals surface area (Å²) in [6, 6.07) is 5.85. The molecule has 0 saturated carbocycles. The molecular formula is C23H25N5O3. The lowest BCUT2D eigenvalue weighted by Gasteiger charge is -2.38. The predicted octanol–water partition coefficient (Wildman–Crippen LogP) is 3.01. The van der Waals surface area contributed by atoms with Gasteiger partial charge in [-0.15, -0.1) is 0 Å². The van der Waals surface area contributed by atoms with Gasteiger partial charge >= 0.3 is 0 Å². The van der Waals surface area contributed by atoms with Gasteiger partial charge in [0.1, 0.15) is 5.82 Å². The summed E-state index contributed by atoms with van der Waals surface area (Å²) < 4.78 is 7.73. The Hall–Kier alpha value is -3.26. The quantitative estimate of drug-likeness (QED) is 0.705. The minimum absolute atomic E-state index is 0.131. The molecule has 2 aliphatic heterocycles. The van der Waals surface area contributed by atoms with E-state index in [9.17, 15) is 9.59 Å². The summed E-state index contributed by atoms with van der Waals surface area (Å²) in [5.74, 6) is 0.476. The largest absolute Gasteiger partial charge is 0.380 e. The third kappa shape index (κ3) is 3.09. The Morgan fingerprint density at radius 2 is 2.19 bits per heavy atom. The Morgan fingerprint density at radius 3 is 2.90 bits per heavy atom. The first-order valence-electron chi connectivity index (χ1n) is 10.5. The molecule has 1 saturated heterocycles. The van der Waals surface area contributed by atoms with Gasteiger partial charge in [0.25, 0.3) is 0 Å². The third-order valence-electron chi connectivity index (χ3n) is 6.33. The van der Waals surface area contributed by atoms with E-state index in [1.165, 1.54) is 6.92 Å². The Labute approximate surface area is 180 Å². The van der Waals surface area contributed by atoms with Gasteiger partial charge in [0, 0.05) is 56.1 Å². The highest BCUT2D eigenvalue weighted by Crippen LogP contribution is 2.45. The number of pyridine rings is 2. The molecule has 0 aliphatic carbocycles. The van der Waals surface area contributed by atoms with E-state index in [1.807, 2.05) is 47.8 Å². The molecule has 3 aromatic rings. The molecule has 2 amide bonds. The number of carbonyl (C=O) groups is 2. The molecule has 1 spiro atoms. The van der Waals surface area contributed by atoms with Gasteiger partial charge in [-0.25, -0.2) is 9.97 Å². The first kappa shape index (κ1) is 19.7. The summed E-state index contributed by atoms with van der Waals surface area (Å²) in [6.45, 7) is 5.23. The highest BCUT2D eigenvalue weighted by atomic mass is 16.5. The molecule has 0 aromatic carbocycles. The van der Waals surface area contributed by atoms with Gasteiger partial charge in [-0.1, -0.05) is 0 Å². The van der Waals surface area contributed by atoms with Crippen LogP contribution in [0.1, 0.15) is 32.4 Å². The monoisotopic (exact) mass is 419 g/mol. The summed E-state index contributed by atoms with van der Waals surface area (Å²) in [5, 5.41) is 3.71. The van der Waals surface area contributed by atoms with Crippen molar-refractivity contribution in [2.75, 3.05) is 30.0 Å². The number of nitrogens with one attached hydrogen (secondary N) is 1. The van der Waals surface area contributed by atoms with E-state index in [4.69, 9.17) is 9.72 Å². The number of fused-ring (bicyclic) bond motifs is 3. The van der Waals surface area contributed by atoms with Crippen LogP contribution in [0, 0.1) is 0 Å². The normalized spacial score (nSPS) is 20.5. The van der Waals surface area contributed by atoms with E-state index in [0.717, 1.165) is 40.0 Å². The highest BCUT2D eigenvalue weighted by Gasteiger charge is 2.47. The standard InChI is InChI=1S/C23H25N5O3/c1-4-28-18-6-5-17(26-22(18)23(10-21(28)30)7-8-31-13-23)16-12-27(3)19-11-24-20(9-15(16)19)25-14(2)29/h5-6,9,11-12H,4,7-8,10,13H2,1-3H3,(H,24,25,29). The summed E-state index contributed by atoms with van der Waals surface area (Å²) in [6.07, 6.45) is 5.01. The second kappa shape index (κ2) is 7.16. The van der Waals surface area contributed by atoms with Crippen LogP contribution in [0.3, 0.4) is 0 Å². The zero-order chi connectivity index (χ0) is 21.8. The summed E-state index contributed by atoms with van der Waals surface area (Å²) in [7, 11) is 1.97. The van der Waals surface area contributed by atoms with E-state index in [1.54, 1.807) is 6.20 Å². The van der Waals surface area contributed by atoms with Crippen LogP contribution < -0.4 is 10.2 Å². The number of amides is 2. The van der Waals surface area contributed by atoms with Crippen LogP contribution in [-0.4, -0.2) is 46.1 Å². The molecule has 8 nitrogen and oxygen atoms in total. The molecule has 1 atom stereocenters. The first-order chi connectivity index (χ1) is 14.9. The van der Waals surface area contributed by atoms with Gasteiger partial charge in [-0.05, 0) is 31.5 Å². The maximum atomic E-state index is 12.8. The fourth-order valence-electron chi connectivity index (χ4n) is 4.82. The van der Waals surface area contributed by atoms with Gasteiger partial charge in [-0.2, -0.15) is 0 Å². The SMILES string of the molecule is CCN1C(=O)CC2(CCOC2)c2nc(-c3cn(C)c4cnc(NC(C)=O)cc34)ccc21. The van der Waals surface area contributed by atoms with Gasteiger partial charge in [0.15, 0.2) is 0 Å². The van der Waals surface area contributed by atoms with E-state index >= 15 is 0 Å². The number of rotatable bonds is 3. The van der Waals surface area contributed by atoms with Gasteiger partial charge < -0.3 is 19.5 Å². The fraction of sp³-hybridized carbons (Fsp3) is 0.391. The van der Waals surface area contributed by atoms with Gasteiger partial charge in [0.2, 0.25) is 11.8 Å². The molecule has 2 aliphatic rings. The van der Waals surface area contributed by atoms with Crippen LogP contribution in [-0.2, 0) is 26.8 Å². The highest BCUT2D eigenvalue weighted by molar-refractivity contribution is 6.00. The van der Waals surface area contributed by atoms with Crippen LogP contribution in [0.5, 0.6) is 0 Å². The van der Waals surface area contributed by atoms with Crippen LogP contribution in [0.15, 0.2) is 30.6 Å². The molecule has 1 fully saturated rings. The molecule has 5 rings (SSSR count). The zero-order valence-corrected chi connectivity index (χ0v) is 17.9. The minimum Gasteiger partial charge on any atom is -0.380 e. The number of nitrogens with zero attached hydrogens (tertiary/aromatic N) is 4. The first-order valence-corrected chi connectivity index (χ1v) is 10.5. The van der Waals surface area contributed by atoms with Crippen molar-refractivity contribution >= 4 is 34.2 Å². The molecule has 3 aromatic heterocycles. The molecule has 8 heteroatoms. The summed E-state index contributed by atoms with van der Waals surface area (Å²) >= 11 is 0. The number of hydrogen-bond donors (Lipinski definition) is 1. The number of anilines is 2. The van der Waals surface area contributed by atoms with Crippen molar-refractivity contribution in [3.8, 4) is 11.3 Å². The number of ether oxygens (including phenoxy) is 1. The number of aromatic nitrogens is 3. The molecule has 31 heavy (non-hydrogen) atoms. The van der Waals surface area contributed by atoms with Crippen LogP contribution in [0.2, 0.25) is 0 Å². The molecule has 0 radical (unpaired) electrons. The maximum Gasteiger partial charge on any atom is 0.228 e. The third-order valence-corrected chi connectivity index (χ3v) is 6.33. The Bertz CT molecular complexity index is 1210. The molecule has 5 heterocycles. The number of carbonyl (C=O) groups excluding carboxylic acids is 2. The average molecular weight is 419 g/mol. The maximum absolute atomic E-state index is 12.8. The Kier molecular flexibility index (Phi) is 4.55. The second-order valence-corrected chi connectivity index (χ2v) is 8.38. The van der Waals surface area contributed by atoms with Crippen LogP contribution in [0.4, 0.5) is 11.5 Å². The van der Waals surface area contributed by atoms with Crippen molar-refractivity contribution < 1.29 is 14.3 Å². The molecule has 160 valence electrons. The zero-order valence-electron chi connectivity index (χ0n) is 17.9. The lowest BCUT2D eigenvalue weighted by atomic mass is 9.76. The van der Waals surface area contributed by atoms with E-state index in [2.05, 4.69) is 10.3 Å². The fourth-order valence-corrected chi connectivity index (χ4v) is 4.82. The lowest BCUT2D eigenvalue weighted by molar-refractivity contribution is -0.120. The Morgan fingerprint density at radius 1 is 1.35 bits per heavy atom. The van der Waals surface area contributed by atoms with Crippen molar-refractivity contribution in [2.24, 2.45) is 7.05 Å². The van der Waals surface area contributed by atoms with E-state index < -0.39 is 0 Å². The van der Waals surface area contributed by atoms with E-state index in [-0.39, 0.29) is 17.2 Å². The number of hydrogen-bond acceptors (Lipinski definition) is 5. The minimum atomic E-state index is -0.360. The van der Waals surface area contributed by atoms with Crippen molar-refractivity contribution in [1.29, 1.82) is 0 Å². The molecular weight excluding hydrogens is 394 g/mol. The second-order valence-electron chi connectivity index (χ2n) is 8.38. The number of aryl methyl sites for hydroxylation is 1. The molecule has 0 bridgehead atoms. The molecule has 1 N–H and O–H groups in total. The average Bonchev–Trinajstić information content (AvgIpc) is 3.33.